The molecule has 14 heavy (non-hydrogen) atoms. The molecule has 0 fully saturated rings. The zero-order chi connectivity index (χ0) is 10.1. The Morgan fingerprint density at radius 2 is 2.21 bits per heavy atom. The molecule has 0 amide bonds. The molecule has 0 radical (unpaired) electrons. The van der Waals surface area contributed by atoms with Crippen molar-refractivity contribution in [2.45, 2.75) is 6.42 Å². The van der Waals surface area contributed by atoms with E-state index in [2.05, 4.69) is 11.1 Å². The Morgan fingerprint density at radius 3 is 2.93 bits per heavy atom. The highest BCUT2D eigenvalue weighted by atomic mass is 35.5. The number of nitrogens with zero attached hydrogens (tertiary/aromatic N) is 2. The van der Waals surface area contributed by atoms with Gasteiger partial charge in [-0.1, -0.05) is 23.2 Å². The van der Waals surface area contributed by atoms with Gasteiger partial charge in [0.05, 0.1) is 27.2 Å². The van der Waals surface area contributed by atoms with E-state index >= 15 is 0 Å². The van der Waals surface area contributed by atoms with Gasteiger partial charge in [-0.05, 0) is 12.1 Å². The van der Waals surface area contributed by atoms with Crippen LogP contribution in [0, 0.1) is 11.3 Å². The van der Waals surface area contributed by atoms with E-state index < -0.39 is 0 Å². The maximum atomic E-state index is 8.53. The van der Waals surface area contributed by atoms with Gasteiger partial charge in [0, 0.05) is 0 Å². The third-order valence-corrected chi connectivity index (χ3v) is 3.54. The van der Waals surface area contributed by atoms with Gasteiger partial charge < -0.3 is 0 Å². The molecule has 5 heteroatoms. The zero-order valence-corrected chi connectivity index (χ0v) is 9.25. The summed E-state index contributed by atoms with van der Waals surface area (Å²) >= 11 is 13.3. The van der Waals surface area contributed by atoms with Crippen LogP contribution in [0.2, 0.25) is 10.0 Å². The van der Waals surface area contributed by atoms with Gasteiger partial charge >= 0.3 is 0 Å². The third-order valence-electron chi connectivity index (χ3n) is 1.73. The topological polar surface area (TPSA) is 36.7 Å². The molecule has 0 spiro atoms. The van der Waals surface area contributed by atoms with E-state index in [9.17, 15) is 0 Å². The van der Waals surface area contributed by atoms with Crippen LogP contribution in [0.5, 0.6) is 0 Å². The number of benzene rings is 1. The SMILES string of the molecule is N#CCc1nc2c(Cl)c(Cl)ccc2s1. The quantitative estimate of drug-likeness (QED) is 0.766. The highest BCUT2D eigenvalue weighted by molar-refractivity contribution is 7.18. The summed E-state index contributed by atoms with van der Waals surface area (Å²) in [6.07, 6.45) is 0.313. The number of hydrogen-bond acceptors (Lipinski definition) is 3. The summed E-state index contributed by atoms with van der Waals surface area (Å²) < 4.78 is 0.963. The molecule has 0 aliphatic carbocycles. The van der Waals surface area contributed by atoms with Gasteiger partial charge in [-0.3, -0.25) is 0 Å². The second-order valence-corrected chi connectivity index (χ2v) is 4.55. The first kappa shape index (κ1) is 9.72. The normalized spacial score (nSPS) is 10.4. The second kappa shape index (κ2) is 3.74. The summed E-state index contributed by atoms with van der Waals surface area (Å²) in [6, 6.07) is 5.65. The minimum atomic E-state index is 0.313. The Bertz CT molecular complexity index is 527. The molecule has 2 rings (SSSR count). The molecule has 1 aromatic heterocycles. The summed E-state index contributed by atoms with van der Waals surface area (Å²) in [7, 11) is 0. The Kier molecular flexibility index (Phi) is 2.60. The summed E-state index contributed by atoms with van der Waals surface area (Å²) in [4.78, 5) is 4.24. The lowest BCUT2D eigenvalue weighted by Crippen LogP contribution is -1.77. The van der Waals surface area contributed by atoms with E-state index in [1.165, 1.54) is 11.3 Å². The van der Waals surface area contributed by atoms with Crippen molar-refractivity contribution >= 4 is 44.8 Å². The summed E-state index contributed by atoms with van der Waals surface area (Å²) in [5.74, 6) is 0. The lowest BCUT2D eigenvalue weighted by Gasteiger charge is -1.93. The van der Waals surface area contributed by atoms with Crippen molar-refractivity contribution in [3.8, 4) is 6.07 Å². The van der Waals surface area contributed by atoms with Crippen molar-refractivity contribution in [2.24, 2.45) is 0 Å². The second-order valence-electron chi connectivity index (χ2n) is 2.65. The van der Waals surface area contributed by atoms with Crippen LogP contribution in [-0.4, -0.2) is 4.98 Å². The fourth-order valence-electron chi connectivity index (χ4n) is 1.13. The molecule has 1 heterocycles. The predicted octanol–water partition coefficient (Wildman–Crippen LogP) is 3.67. The van der Waals surface area contributed by atoms with Gasteiger partial charge in [0.2, 0.25) is 0 Å². The first-order valence-corrected chi connectivity index (χ1v) is 5.40. The fourth-order valence-corrected chi connectivity index (χ4v) is 2.45. The van der Waals surface area contributed by atoms with Crippen molar-refractivity contribution in [1.82, 2.24) is 4.98 Å². The first-order chi connectivity index (χ1) is 6.72. The van der Waals surface area contributed by atoms with Crippen molar-refractivity contribution in [2.75, 3.05) is 0 Å². The molecular weight excluding hydrogens is 239 g/mol. The van der Waals surface area contributed by atoms with Crippen LogP contribution >= 0.6 is 34.5 Å². The molecule has 0 bridgehead atoms. The van der Waals surface area contributed by atoms with Gasteiger partial charge in [-0.2, -0.15) is 5.26 Å². The van der Waals surface area contributed by atoms with Crippen LogP contribution in [0.3, 0.4) is 0 Å². The Morgan fingerprint density at radius 1 is 1.43 bits per heavy atom. The molecule has 2 aromatic rings. The third kappa shape index (κ3) is 1.57. The molecule has 0 aliphatic rings. The Hall–Kier alpha value is -0.820. The molecule has 0 saturated carbocycles. The van der Waals surface area contributed by atoms with Gasteiger partial charge in [0.1, 0.15) is 10.5 Å². The fraction of sp³-hybridized carbons (Fsp3) is 0.111. The monoisotopic (exact) mass is 242 g/mol. The number of thiazole rings is 1. The molecule has 0 N–H and O–H groups in total. The molecule has 2 nitrogen and oxygen atoms in total. The average Bonchev–Trinajstić information content (AvgIpc) is 2.56. The molecule has 70 valence electrons. The van der Waals surface area contributed by atoms with E-state index in [1.54, 1.807) is 6.07 Å². The van der Waals surface area contributed by atoms with Crippen molar-refractivity contribution in [3.63, 3.8) is 0 Å². The van der Waals surface area contributed by atoms with Crippen LogP contribution in [0.15, 0.2) is 12.1 Å². The van der Waals surface area contributed by atoms with Crippen LogP contribution in [-0.2, 0) is 6.42 Å². The summed E-state index contributed by atoms with van der Waals surface area (Å²) in [5, 5.41) is 10.3. The number of aromatic nitrogens is 1. The predicted molar refractivity (Wildman–Crippen MR) is 59.0 cm³/mol. The zero-order valence-electron chi connectivity index (χ0n) is 6.92. The largest absolute Gasteiger partial charge is 0.238 e. The molecule has 0 atom stereocenters. The van der Waals surface area contributed by atoms with Crippen LogP contribution in [0.25, 0.3) is 10.2 Å². The maximum absolute atomic E-state index is 8.53. The Labute approximate surface area is 94.7 Å². The maximum Gasteiger partial charge on any atom is 0.108 e. The van der Waals surface area contributed by atoms with E-state index in [0.717, 1.165) is 9.71 Å². The van der Waals surface area contributed by atoms with Gasteiger partial charge in [0.25, 0.3) is 0 Å². The number of hydrogen-bond donors (Lipinski definition) is 0. The lowest BCUT2D eigenvalue weighted by atomic mass is 10.3. The highest BCUT2D eigenvalue weighted by Crippen LogP contribution is 2.33. The van der Waals surface area contributed by atoms with Crippen LogP contribution in [0.4, 0.5) is 0 Å². The van der Waals surface area contributed by atoms with Gasteiger partial charge in [-0.15, -0.1) is 11.3 Å². The molecule has 0 aliphatic heterocycles. The molecular formula is C9H4Cl2N2S. The van der Waals surface area contributed by atoms with Crippen LogP contribution < -0.4 is 0 Å². The smallest absolute Gasteiger partial charge is 0.108 e. The van der Waals surface area contributed by atoms with E-state index in [1.807, 2.05) is 6.07 Å². The highest BCUT2D eigenvalue weighted by Gasteiger charge is 2.09. The molecule has 0 unspecified atom stereocenters. The number of rotatable bonds is 1. The summed E-state index contributed by atoms with van der Waals surface area (Å²) in [6.45, 7) is 0. The summed E-state index contributed by atoms with van der Waals surface area (Å²) in [5.41, 5.74) is 0.689. The minimum Gasteiger partial charge on any atom is -0.238 e. The standard InChI is InChI=1S/C9H4Cl2N2S/c10-5-1-2-6-9(8(5)11)13-7(14-6)3-4-12/h1-2H,3H2. The average molecular weight is 243 g/mol. The van der Waals surface area contributed by atoms with Crippen LogP contribution in [0.1, 0.15) is 5.01 Å². The lowest BCUT2D eigenvalue weighted by molar-refractivity contribution is 1.21. The van der Waals surface area contributed by atoms with Gasteiger partial charge in [0.15, 0.2) is 0 Å². The van der Waals surface area contributed by atoms with E-state index in [-0.39, 0.29) is 0 Å². The minimum absolute atomic E-state index is 0.313. The Balaban J connectivity index is 2.66. The molecule has 0 saturated heterocycles. The first-order valence-electron chi connectivity index (χ1n) is 3.82. The number of halogens is 2. The number of nitriles is 1. The van der Waals surface area contributed by atoms with Crippen molar-refractivity contribution in [3.05, 3.63) is 27.2 Å². The number of fused-ring (bicyclic) bond motifs is 1. The van der Waals surface area contributed by atoms with Crippen molar-refractivity contribution in [1.29, 1.82) is 5.26 Å². The van der Waals surface area contributed by atoms with E-state index in [4.69, 9.17) is 28.5 Å². The van der Waals surface area contributed by atoms with E-state index in [0.29, 0.717) is 22.0 Å². The van der Waals surface area contributed by atoms with Crippen molar-refractivity contribution < 1.29 is 0 Å². The van der Waals surface area contributed by atoms with Gasteiger partial charge in [-0.25, -0.2) is 4.98 Å². The molecule has 1 aromatic carbocycles.